The Morgan fingerprint density at radius 1 is 1.26 bits per heavy atom. The van der Waals surface area contributed by atoms with Gasteiger partial charge in [0.15, 0.2) is 0 Å². The van der Waals surface area contributed by atoms with Crippen molar-refractivity contribution in [3.63, 3.8) is 0 Å². The van der Waals surface area contributed by atoms with Crippen LogP contribution in [0.15, 0.2) is 47.9 Å². The molecule has 35 heavy (non-hydrogen) atoms. The van der Waals surface area contributed by atoms with Gasteiger partial charge < -0.3 is 25.0 Å². The molecule has 8 nitrogen and oxygen atoms in total. The number of fused-ring (bicyclic) bond motifs is 1. The average molecular weight is 475 g/mol. The molecule has 0 aliphatic heterocycles. The summed E-state index contributed by atoms with van der Waals surface area (Å²) in [6, 6.07) is 5.88. The molecular weight excluding hydrogens is 440 g/mol. The van der Waals surface area contributed by atoms with Gasteiger partial charge in [-0.15, -0.1) is 0 Å². The van der Waals surface area contributed by atoms with Gasteiger partial charge in [-0.1, -0.05) is 20.8 Å². The van der Waals surface area contributed by atoms with Crippen LogP contribution in [0.2, 0.25) is 0 Å². The zero-order chi connectivity index (χ0) is 24.8. The normalized spacial score (nSPS) is 20.9. The molecule has 0 bridgehead atoms. The second kappa shape index (κ2) is 8.68. The van der Waals surface area contributed by atoms with E-state index in [0.29, 0.717) is 29.5 Å². The van der Waals surface area contributed by atoms with E-state index >= 15 is 0 Å². The Hall–Kier alpha value is -3.39. The summed E-state index contributed by atoms with van der Waals surface area (Å²) in [4.78, 5) is 27.9. The van der Waals surface area contributed by atoms with E-state index in [1.54, 1.807) is 18.7 Å². The van der Waals surface area contributed by atoms with E-state index in [0.717, 1.165) is 48.0 Å². The lowest BCUT2D eigenvalue weighted by Crippen LogP contribution is -2.42. The minimum absolute atomic E-state index is 0.232. The molecule has 0 unspecified atom stereocenters. The SMILES string of the molecule is Cc1cc(-n2ccnc2)cc2[nH]c(-c3c(NCC4(O)CCC(C(C)(C)C)CC4)cc[nH]c3=O)nc12. The highest BCUT2D eigenvalue weighted by molar-refractivity contribution is 5.86. The van der Waals surface area contributed by atoms with Crippen LogP contribution in [0.1, 0.15) is 52.0 Å². The van der Waals surface area contributed by atoms with Crippen LogP contribution in [0.3, 0.4) is 0 Å². The van der Waals surface area contributed by atoms with Gasteiger partial charge in [-0.2, -0.15) is 0 Å². The molecule has 0 amide bonds. The summed E-state index contributed by atoms with van der Waals surface area (Å²) in [5.74, 6) is 1.11. The molecule has 0 spiro atoms. The second-order valence-corrected chi connectivity index (χ2v) is 11.0. The molecule has 8 heteroatoms. The summed E-state index contributed by atoms with van der Waals surface area (Å²) in [6.45, 7) is 9.22. The molecule has 1 saturated carbocycles. The highest BCUT2D eigenvalue weighted by Gasteiger charge is 2.37. The molecular formula is C27H34N6O2. The van der Waals surface area contributed by atoms with Gasteiger partial charge in [-0.25, -0.2) is 9.97 Å². The van der Waals surface area contributed by atoms with Crippen molar-refractivity contribution in [2.24, 2.45) is 11.3 Å². The molecule has 184 valence electrons. The highest BCUT2D eigenvalue weighted by Crippen LogP contribution is 2.41. The number of pyridine rings is 1. The Morgan fingerprint density at radius 3 is 2.71 bits per heavy atom. The first-order chi connectivity index (χ1) is 16.6. The van der Waals surface area contributed by atoms with Gasteiger partial charge in [0.1, 0.15) is 11.4 Å². The molecule has 0 atom stereocenters. The lowest BCUT2D eigenvalue weighted by atomic mass is 9.68. The Bertz CT molecular complexity index is 1390. The first-order valence-electron chi connectivity index (χ1n) is 12.3. The number of aromatic nitrogens is 5. The van der Waals surface area contributed by atoms with Crippen molar-refractivity contribution >= 4 is 16.7 Å². The molecule has 3 heterocycles. The number of nitrogens with zero attached hydrogens (tertiary/aromatic N) is 3. The fraction of sp³-hybridized carbons (Fsp3) is 0.444. The Labute approximate surface area is 204 Å². The van der Waals surface area contributed by atoms with Gasteiger partial charge in [0.2, 0.25) is 0 Å². The highest BCUT2D eigenvalue weighted by atomic mass is 16.3. The predicted octanol–water partition coefficient (Wildman–Crippen LogP) is 4.79. The number of hydrogen-bond donors (Lipinski definition) is 4. The monoisotopic (exact) mass is 474 g/mol. The maximum atomic E-state index is 12.9. The number of benzene rings is 1. The molecule has 5 rings (SSSR count). The minimum atomic E-state index is -0.786. The smallest absolute Gasteiger partial charge is 0.261 e. The molecule has 0 radical (unpaired) electrons. The van der Waals surface area contributed by atoms with Crippen LogP contribution in [0.5, 0.6) is 0 Å². The lowest BCUT2D eigenvalue weighted by molar-refractivity contribution is -0.0143. The van der Waals surface area contributed by atoms with Crippen LogP contribution in [0.25, 0.3) is 28.1 Å². The van der Waals surface area contributed by atoms with Crippen molar-refractivity contribution in [2.75, 3.05) is 11.9 Å². The van der Waals surface area contributed by atoms with Crippen LogP contribution >= 0.6 is 0 Å². The summed E-state index contributed by atoms with van der Waals surface area (Å²) in [7, 11) is 0. The van der Waals surface area contributed by atoms with Crippen molar-refractivity contribution in [1.82, 2.24) is 24.5 Å². The number of anilines is 1. The zero-order valence-electron chi connectivity index (χ0n) is 20.9. The number of H-pyrrole nitrogens is 2. The van der Waals surface area contributed by atoms with Gasteiger partial charge >= 0.3 is 0 Å². The molecule has 4 aromatic rings. The van der Waals surface area contributed by atoms with E-state index in [9.17, 15) is 9.90 Å². The number of aromatic amines is 2. The summed E-state index contributed by atoms with van der Waals surface area (Å²) in [6.07, 6.45) is 10.5. The first kappa shape index (κ1) is 23.4. The van der Waals surface area contributed by atoms with Gasteiger partial charge in [0, 0.05) is 30.8 Å². The van der Waals surface area contributed by atoms with E-state index in [2.05, 4.69) is 41.0 Å². The van der Waals surface area contributed by atoms with Gasteiger partial charge in [-0.05, 0) is 67.7 Å². The third kappa shape index (κ3) is 4.62. The summed E-state index contributed by atoms with van der Waals surface area (Å²) in [5.41, 5.74) is 3.97. The zero-order valence-corrected chi connectivity index (χ0v) is 20.9. The number of aliphatic hydroxyl groups is 1. The van der Waals surface area contributed by atoms with Crippen LogP contribution < -0.4 is 10.9 Å². The van der Waals surface area contributed by atoms with Crippen molar-refractivity contribution in [3.05, 3.63) is 59.0 Å². The van der Waals surface area contributed by atoms with Crippen molar-refractivity contribution in [1.29, 1.82) is 0 Å². The van der Waals surface area contributed by atoms with Crippen molar-refractivity contribution in [3.8, 4) is 17.1 Å². The molecule has 4 N–H and O–H groups in total. The van der Waals surface area contributed by atoms with Crippen LogP contribution in [0, 0.1) is 18.3 Å². The summed E-state index contributed by atoms with van der Waals surface area (Å²) < 4.78 is 1.93. The summed E-state index contributed by atoms with van der Waals surface area (Å²) in [5, 5.41) is 14.6. The number of nitrogens with one attached hydrogen (secondary N) is 3. The molecule has 1 fully saturated rings. The number of hydrogen-bond acceptors (Lipinski definition) is 5. The van der Waals surface area contributed by atoms with Crippen molar-refractivity contribution in [2.45, 2.75) is 59.0 Å². The third-order valence-electron chi connectivity index (χ3n) is 7.51. The predicted molar refractivity (Wildman–Crippen MR) is 139 cm³/mol. The maximum Gasteiger partial charge on any atom is 0.261 e. The molecule has 0 saturated heterocycles. The van der Waals surface area contributed by atoms with Gasteiger partial charge in [0.05, 0.1) is 28.6 Å². The fourth-order valence-corrected chi connectivity index (χ4v) is 5.27. The lowest BCUT2D eigenvalue weighted by Gasteiger charge is -2.41. The maximum absolute atomic E-state index is 12.9. The second-order valence-electron chi connectivity index (χ2n) is 11.0. The van der Waals surface area contributed by atoms with Crippen molar-refractivity contribution < 1.29 is 5.11 Å². The average Bonchev–Trinajstić information content (AvgIpc) is 3.48. The van der Waals surface area contributed by atoms with Crippen LogP contribution in [-0.2, 0) is 0 Å². The Kier molecular flexibility index (Phi) is 5.79. The van der Waals surface area contributed by atoms with E-state index in [1.165, 1.54) is 0 Å². The third-order valence-corrected chi connectivity index (χ3v) is 7.51. The molecule has 1 aliphatic rings. The number of imidazole rings is 2. The first-order valence-corrected chi connectivity index (χ1v) is 12.3. The molecule has 3 aromatic heterocycles. The fourth-order valence-electron chi connectivity index (χ4n) is 5.27. The quantitative estimate of drug-likeness (QED) is 0.332. The van der Waals surface area contributed by atoms with Crippen LogP contribution in [-0.4, -0.2) is 41.8 Å². The van der Waals surface area contributed by atoms with E-state index < -0.39 is 5.60 Å². The van der Waals surface area contributed by atoms with E-state index in [1.807, 2.05) is 35.9 Å². The minimum Gasteiger partial charge on any atom is -0.388 e. The largest absolute Gasteiger partial charge is 0.388 e. The van der Waals surface area contributed by atoms with E-state index in [-0.39, 0.29) is 11.0 Å². The van der Waals surface area contributed by atoms with E-state index in [4.69, 9.17) is 4.98 Å². The topological polar surface area (TPSA) is 112 Å². The standard InChI is InChI=1S/C27H34N6O2/c1-17-13-19(33-12-11-28-16-33)14-21-23(17)32-24(31-21)22-20(7-10-29-25(22)34)30-15-27(35)8-5-18(6-9-27)26(2,3)4/h7,10-14,16,18,35H,5-6,8-9,15H2,1-4H3,(H,31,32)(H2,29,30,34). The van der Waals surface area contributed by atoms with Crippen LogP contribution in [0.4, 0.5) is 5.69 Å². The van der Waals surface area contributed by atoms with Gasteiger partial charge in [-0.3, -0.25) is 4.79 Å². The van der Waals surface area contributed by atoms with Gasteiger partial charge in [0.25, 0.3) is 5.56 Å². The Morgan fingerprint density at radius 2 is 2.03 bits per heavy atom. The molecule has 1 aliphatic carbocycles. The number of rotatable bonds is 5. The number of aryl methyl sites for hydroxylation is 1. The Balaban J connectivity index is 1.42. The molecule has 1 aromatic carbocycles. The summed E-state index contributed by atoms with van der Waals surface area (Å²) >= 11 is 0.